The van der Waals surface area contributed by atoms with Gasteiger partial charge >= 0.3 is 0 Å². The maximum Gasteiger partial charge on any atom is 0.121 e. The average Bonchev–Trinajstić information content (AvgIpc) is 2.46. The van der Waals surface area contributed by atoms with Crippen molar-refractivity contribution in [2.75, 3.05) is 18.5 Å². The van der Waals surface area contributed by atoms with Crippen LogP contribution in [0.25, 0.3) is 0 Å². The minimum Gasteiger partial charge on any atom is -0.494 e. The Morgan fingerprint density at radius 2 is 2.25 bits per heavy atom. The second-order valence-electron chi connectivity index (χ2n) is 5.86. The van der Waals surface area contributed by atoms with Gasteiger partial charge in [0.25, 0.3) is 0 Å². The lowest BCUT2D eigenvalue weighted by atomic mass is 9.90. The summed E-state index contributed by atoms with van der Waals surface area (Å²) in [7, 11) is 0. The molecule has 0 saturated carbocycles. The maximum atomic E-state index is 5.89. The number of hydrogen-bond acceptors (Lipinski definition) is 3. The summed E-state index contributed by atoms with van der Waals surface area (Å²) in [6.45, 7) is 8.14. The van der Waals surface area contributed by atoms with Crippen molar-refractivity contribution in [3.8, 4) is 5.75 Å². The van der Waals surface area contributed by atoms with Gasteiger partial charge in [-0.25, -0.2) is 0 Å². The van der Waals surface area contributed by atoms with Gasteiger partial charge in [0.05, 0.1) is 12.2 Å². The van der Waals surface area contributed by atoms with Crippen molar-refractivity contribution >= 4 is 5.69 Å². The van der Waals surface area contributed by atoms with Gasteiger partial charge in [0.2, 0.25) is 0 Å². The smallest absolute Gasteiger partial charge is 0.121 e. The van der Waals surface area contributed by atoms with Gasteiger partial charge in [-0.3, -0.25) is 0 Å². The molecule has 1 aliphatic rings. The number of benzene rings is 1. The second kappa shape index (κ2) is 6.98. The molecule has 2 atom stereocenters. The first-order valence-electron chi connectivity index (χ1n) is 7.78. The van der Waals surface area contributed by atoms with Crippen molar-refractivity contribution in [3.05, 3.63) is 24.3 Å². The third-order valence-electron chi connectivity index (χ3n) is 4.02. The minimum atomic E-state index is 0.0201. The van der Waals surface area contributed by atoms with Crippen molar-refractivity contribution in [3.63, 3.8) is 0 Å². The molecule has 1 aliphatic heterocycles. The van der Waals surface area contributed by atoms with E-state index in [0.29, 0.717) is 6.04 Å². The van der Waals surface area contributed by atoms with Crippen LogP contribution in [0.3, 0.4) is 0 Å². The molecule has 0 amide bonds. The summed E-state index contributed by atoms with van der Waals surface area (Å²) in [5.74, 6) is 0.946. The molecule has 112 valence electrons. The maximum absolute atomic E-state index is 5.89. The van der Waals surface area contributed by atoms with Gasteiger partial charge in [-0.05, 0) is 44.7 Å². The summed E-state index contributed by atoms with van der Waals surface area (Å²) < 4.78 is 11.6. The Bertz CT molecular complexity index is 421. The summed E-state index contributed by atoms with van der Waals surface area (Å²) in [6.07, 6.45) is 4.22. The molecule has 0 bridgehead atoms. The van der Waals surface area contributed by atoms with E-state index in [1.165, 1.54) is 0 Å². The van der Waals surface area contributed by atoms with E-state index in [2.05, 4.69) is 38.2 Å². The molecule has 1 N–H and O–H groups in total. The Morgan fingerprint density at radius 3 is 3.00 bits per heavy atom. The summed E-state index contributed by atoms with van der Waals surface area (Å²) in [5.41, 5.74) is 1.16. The van der Waals surface area contributed by atoms with Crippen LogP contribution in [-0.2, 0) is 4.74 Å². The van der Waals surface area contributed by atoms with E-state index in [-0.39, 0.29) is 5.60 Å². The van der Waals surface area contributed by atoms with Crippen LogP contribution in [0.1, 0.15) is 46.5 Å². The molecular weight excluding hydrogens is 250 g/mol. The number of nitrogens with one attached hydrogen (secondary N) is 1. The molecule has 1 saturated heterocycles. The van der Waals surface area contributed by atoms with Gasteiger partial charge in [0.1, 0.15) is 5.75 Å². The van der Waals surface area contributed by atoms with E-state index in [1.54, 1.807) is 0 Å². The predicted octanol–water partition coefficient (Wildman–Crippen LogP) is 4.24. The lowest BCUT2D eigenvalue weighted by Gasteiger charge is -2.38. The van der Waals surface area contributed by atoms with Crippen LogP contribution in [0.5, 0.6) is 5.75 Å². The zero-order valence-electron chi connectivity index (χ0n) is 12.9. The first-order chi connectivity index (χ1) is 9.65. The first-order valence-corrected chi connectivity index (χ1v) is 7.78. The largest absolute Gasteiger partial charge is 0.494 e. The van der Waals surface area contributed by atoms with Gasteiger partial charge in [-0.2, -0.15) is 0 Å². The molecular formula is C17H27NO2. The third kappa shape index (κ3) is 4.14. The predicted molar refractivity (Wildman–Crippen MR) is 83.5 cm³/mol. The van der Waals surface area contributed by atoms with E-state index < -0.39 is 0 Å². The average molecular weight is 277 g/mol. The van der Waals surface area contributed by atoms with Crippen LogP contribution in [-0.4, -0.2) is 24.9 Å². The second-order valence-corrected chi connectivity index (χ2v) is 5.86. The molecule has 3 heteroatoms. The standard InChI is InChI=1S/C17H27NO2/c1-4-10-19-16-8-6-7-14(12-16)18-15-9-11-20-17(3,5-2)13-15/h6-8,12,15,18H,4-5,9-11,13H2,1-3H3. The molecule has 2 unspecified atom stereocenters. The molecule has 2 rings (SSSR count). The van der Waals surface area contributed by atoms with Gasteiger partial charge in [-0.1, -0.05) is 19.9 Å². The van der Waals surface area contributed by atoms with Crippen molar-refractivity contribution in [2.24, 2.45) is 0 Å². The number of anilines is 1. The molecule has 1 aromatic rings. The van der Waals surface area contributed by atoms with Crippen LogP contribution in [0.15, 0.2) is 24.3 Å². The molecule has 20 heavy (non-hydrogen) atoms. The summed E-state index contributed by atoms with van der Waals surface area (Å²) >= 11 is 0. The van der Waals surface area contributed by atoms with Crippen LogP contribution in [0.4, 0.5) is 5.69 Å². The SMILES string of the molecule is CCCOc1cccc(NC2CCOC(C)(CC)C2)c1. The van der Waals surface area contributed by atoms with Crippen molar-refractivity contribution in [1.29, 1.82) is 0 Å². The normalized spacial score (nSPS) is 26.2. The topological polar surface area (TPSA) is 30.5 Å². The number of ether oxygens (including phenoxy) is 2. The fourth-order valence-corrected chi connectivity index (χ4v) is 2.63. The molecule has 0 radical (unpaired) electrons. The Balaban J connectivity index is 1.95. The highest BCUT2D eigenvalue weighted by molar-refractivity contribution is 5.49. The van der Waals surface area contributed by atoms with E-state index >= 15 is 0 Å². The zero-order chi connectivity index (χ0) is 14.4. The van der Waals surface area contributed by atoms with Crippen molar-refractivity contribution in [1.82, 2.24) is 0 Å². The molecule has 0 aromatic heterocycles. The quantitative estimate of drug-likeness (QED) is 0.844. The Labute approximate surface area is 122 Å². The lowest BCUT2D eigenvalue weighted by molar-refractivity contribution is -0.0708. The third-order valence-corrected chi connectivity index (χ3v) is 4.02. The van der Waals surface area contributed by atoms with Gasteiger partial charge in [0.15, 0.2) is 0 Å². The molecule has 1 aromatic carbocycles. The van der Waals surface area contributed by atoms with E-state index in [1.807, 2.05) is 12.1 Å². The van der Waals surface area contributed by atoms with Crippen molar-refractivity contribution in [2.45, 2.75) is 58.1 Å². The minimum absolute atomic E-state index is 0.0201. The highest BCUT2D eigenvalue weighted by Gasteiger charge is 2.31. The lowest BCUT2D eigenvalue weighted by Crippen LogP contribution is -2.41. The summed E-state index contributed by atoms with van der Waals surface area (Å²) in [4.78, 5) is 0. The van der Waals surface area contributed by atoms with E-state index in [4.69, 9.17) is 9.47 Å². The van der Waals surface area contributed by atoms with E-state index in [9.17, 15) is 0 Å². The van der Waals surface area contributed by atoms with Gasteiger partial charge < -0.3 is 14.8 Å². The highest BCUT2D eigenvalue weighted by atomic mass is 16.5. The number of rotatable bonds is 6. The van der Waals surface area contributed by atoms with Crippen molar-refractivity contribution < 1.29 is 9.47 Å². The van der Waals surface area contributed by atoms with Gasteiger partial charge in [-0.15, -0.1) is 0 Å². The van der Waals surface area contributed by atoms with Crippen LogP contribution >= 0.6 is 0 Å². The summed E-state index contributed by atoms with van der Waals surface area (Å²) in [5, 5.41) is 3.63. The fourth-order valence-electron chi connectivity index (χ4n) is 2.63. The molecule has 1 heterocycles. The molecule has 3 nitrogen and oxygen atoms in total. The van der Waals surface area contributed by atoms with Gasteiger partial charge in [0, 0.05) is 24.4 Å². The Morgan fingerprint density at radius 1 is 1.40 bits per heavy atom. The van der Waals surface area contributed by atoms with Crippen LogP contribution in [0.2, 0.25) is 0 Å². The van der Waals surface area contributed by atoms with Crippen LogP contribution in [0, 0.1) is 0 Å². The molecule has 1 fully saturated rings. The highest BCUT2D eigenvalue weighted by Crippen LogP contribution is 2.30. The molecule has 0 aliphatic carbocycles. The first kappa shape index (κ1) is 15.2. The monoisotopic (exact) mass is 277 g/mol. The fraction of sp³-hybridized carbons (Fsp3) is 0.647. The molecule has 0 spiro atoms. The van der Waals surface area contributed by atoms with Crippen LogP contribution < -0.4 is 10.1 Å². The Hall–Kier alpha value is -1.22. The van der Waals surface area contributed by atoms with E-state index in [0.717, 1.165) is 50.3 Å². The number of hydrogen-bond donors (Lipinski definition) is 1. The zero-order valence-corrected chi connectivity index (χ0v) is 12.9. The Kier molecular flexibility index (Phi) is 5.30. The summed E-state index contributed by atoms with van der Waals surface area (Å²) in [6, 6.07) is 8.74.